The van der Waals surface area contributed by atoms with E-state index in [1.54, 1.807) is 12.1 Å². The number of phenols is 1. The number of rotatable bonds is 4. The van der Waals surface area contributed by atoms with Crippen molar-refractivity contribution >= 4 is 17.4 Å². The van der Waals surface area contributed by atoms with E-state index in [1.807, 2.05) is 19.1 Å². The maximum Gasteiger partial charge on any atom is 0.418 e. The number of amides is 2. The highest BCUT2D eigenvalue weighted by atomic mass is 19.4. The van der Waals surface area contributed by atoms with Crippen LogP contribution in [0, 0.1) is 0 Å². The van der Waals surface area contributed by atoms with Gasteiger partial charge in [0.1, 0.15) is 5.75 Å². The number of halogens is 3. The lowest BCUT2D eigenvalue weighted by atomic mass is 10.1. The fourth-order valence-corrected chi connectivity index (χ4v) is 2.28. The van der Waals surface area contributed by atoms with Crippen molar-refractivity contribution in [1.29, 1.82) is 0 Å². The van der Waals surface area contributed by atoms with E-state index in [0.717, 1.165) is 30.5 Å². The van der Waals surface area contributed by atoms with Crippen molar-refractivity contribution in [2.45, 2.75) is 25.9 Å². The molecule has 0 aliphatic rings. The first-order valence-corrected chi connectivity index (χ1v) is 7.37. The predicted octanol–water partition coefficient (Wildman–Crippen LogP) is 5.01. The predicted molar refractivity (Wildman–Crippen MR) is 86.2 cm³/mol. The van der Waals surface area contributed by atoms with Gasteiger partial charge in [0.05, 0.1) is 11.3 Å². The Morgan fingerprint density at radius 2 is 1.75 bits per heavy atom. The number of hydrogen-bond donors (Lipinski definition) is 3. The van der Waals surface area contributed by atoms with Crippen LogP contribution < -0.4 is 10.6 Å². The van der Waals surface area contributed by atoms with E-state index in [9.17, 15) is 23.1 Å². The third kappa shape index (κ3) is 4.41. The molecule has 0 radical (unpaired) electrons. The van der Waals surface area contributed by atoms with Gasteiger partial charge in [0.15, 0.2) is 0 Å². The average Bonchev–Trinajstić information content (AvgIpc) is 2.50. The SMILES string of the molecule is CCCc1ccccc1NC(=O)Nc1ccc(O)cc1C(F)(F)F. The summed E-state index contributed by atoms with van der Waals surface area (Å²) in [7, 11) is 0. The molecule has 0 spiro atoms. The van der Waals surface area contributed by atoms with Gasteiger partial charge in [-0.15, -0.1) is 0 Å². The highest BCUT2D eigenvalue weighted by molar-refractivity contribution is 6.00. The molecule has 4 nitrogen and oxygen atoms in total. The maximum atomic E-state index is 13.0. The van der Waals surface area contributed by atoms with Gasteiger partial charge in [0, 0.05) is 5.69 Å². The Morgan fingerprint density at radius 1 is 1.08 bits per heavy atom. The van der Waals surface area contributed by atoms with E-state index < -0.39 is 29.2 Å². The Bertz CT molecular complexity index is 730. The quantitative estimate of drug-likeness (QED) is 0.687. The number of carbonyl (C=O) groups is 1. The maximum absolute atomic E-state index is 13.0. The van der Waals surface area contributed by atoms with E-state index in [-0.39, 0.29) is 0 Å². The second-order valence-electron chi connectivity index (χ2n) is 5.21. The van der Waals surface area contributed by atoms with Crippen LogP contribution >= 0.6 is 0 Å². The standard InChI is InChI=1S/C17H17F3N2O2/c1-2-5-11-6-3-4-7-14(11)21-16(24)22-15-9-8-12(23)10-13(15)17(18,19)20/h3-4,6-10,23H,2,5H2,1H3,(H2,21,22,24). The van der Waals surface area contributed by atoms with Crippen molar-refractivity contribution in [2.24, 2.45) is 0 Å². The Morgan fingerprint density at radius 3 is 2.42 bits per heavy atom. The van der Waals surface area contributed by atoms with Crippen LogP contribution in [0.3, 0.4) is 0 Å². The largest absolute Gasteiger partial charge is 0.508 e. The number of nitrogens with one attached hydrogen (secondary N) is 2. The lowest BCUT2D eigenvalue weighted by Gasteiger charge is -2.15. The van der Waals surface area contributed by atoms with Gasteiger partial charge in [-0.25, -0.2) is 4.79 Å². The molecular weight excluding hydrogens is 321 g/mol. The van der Waals surface area contributed by atoms with Crippen LogP contribution in [0.1, 0.15) is 24.5 Å². The fourth-order valence-electron chi connectivity index (χ4n) is 2.28. The molecule has 2 aromatic carbocycles. The third-order valence-electron chi connectivity index (χ3n) is 3.34. The first-order chi connectivity index (χ1) is 11.3. The van der Waals surface area contributed by atoms with E-state index in [4.69, 9.17) is 0 Å². The third-order valence-corrected chi connectivity index (χ3v) is 3.34. The van der Waals surface area contributed by atoms with Crippen molar-refractivity contribution in [2.75, 3.05) is 10.6 Å². The second kappa shape index (κ2) is 7.25. The molecule has 7 heteroatoms. The minimum absolute atomic E-state index is 0.425. The Balaban J connectivity index is 2.19. The summed E-state index contributed by atoms with van der Waals surface area (Å²) in [6.45, 7) is 1.99. The summed E-state index contributed by atoms with van der Waals surface area (Å²) in [5.74, 6) is -0.526. The number of aromatic hydroxyl groups is 1. The topological polar surface area (TPSA) is 61.4 Å². The van der Waals surface area contributed by atoms with Crippen molar-refractivity contribution in [3.05, 3.63) is 53.6 Å². The van der Waals surface area contributed by atoms with Crippen molar-refractivity contribution in [3.63, 3.8) is 0 Å². The molecule has 0 heterocycles. The van der Waals surface area contributed by atoms with Gasteiger partial charge in [-0.3, -0.25) is 0 Å². The van der Waals surface area contributed by atoms with Crippen LogP contribution in [0.15, 0.2) is 42.5 Å². The van der Waals surface area contributed by atoms with Gasteiger partial charge in [-0.05, 0) is 36.2 Å². The van der Waals surface area contributed by atoms with Gasteiger partial charge in [-0.1, -0.05) is 31.5 Å². The van der Waals surface area contributed by atoms with Crippen molar-refractivity contribution < 1.29 is 23.1 Å². The normalized spacial score (nSPS) is 11.2. The molecule has 3 N–H and O–H groups in total. The molecule has 2 aromatic rings. The lowest BCUT2D eigenvalue weighted by Crippen LogP contribution is -2.22. The molecule has 0 aliphatic heterocycles. The molecule has 0 bridgehead atoms. The van der Waals surface area contributed by atoms with Gasteiger partial charge in [0.25, 0.3) is 0 Å². The zero-order valence-corrected chi connectivity index (χ0v) is 12.9. The van der Waals surface area contributed by atoms with Gasteiger partial charge >= 0.3 is 12.2 Å². The van der Waals surface area contributed by atoms with Gasteiger partial charge in [-0.2, -0.15) is 13.2 Å². The molecule has 2 amide bonds. The Hall–Kier alpha value is -2.70. The van der Waals surface area contributed by atoms with Crippen LogP contribution in [-0.2, 0) is 12.6 Å². The first-order valence-electron chi connectivity index (χ1n) is 7.37. The Labute approximate surface area is 137 Å². The van der Waals surface area contributed by atoms with Crippen LogP contribution in [0.2, 0.25) is 0 Å². The molecule has 0 aliphatic carbocycles. The number of alkyl halides is 3. The number of phenolic OH excluding ortho intramolecular Hbond substituents is 1. The molecule has 0 saturated carbocycles. The first kappa shape index (κ1) is 17.7. The van der Waals surface area contributed by atoms with Crippen molar-refractivity contribution in [1.82, 2.24) is 0 Å². The molecule has 0 fully saturated rings. The van der Waals surface area contributed by atoms with Crippen LogP contribution in [0.4, 0.5) is 29.3 Å². The lowest BCUT2D eigenvalue weighted by molar-refractivity contribution is -0.137. The highest BCUT2D eigenvalue weighted by Gasteiger charge is 2.34. The number of anilines is 2. The summed E-state index contributed by atoms with van der Waals surface area (Å²) in [5, 5.41) is 14.0. The van der Waals surface area contributed by atoms with Crippen LogP contribution in [-0.4, -0.2) is 11.1 Å². The summed E-state index contributed by atoms with van der Waals surface area (Å²) >= 11 is 0. The van der Waals surface area contributed by atoms with E-state index in [2.05, 4.69) is 10.6 Å². The molecule has 0 unspecified atom stereocenters. The van der Waals surface area contributed by atoms with Gasteiger partial charge < -0.3 is 15.7 Å². The van der Waals surface area contributed by atoms with Crippen molar-refractivity contribution in [3.8, 4) is 5.75 Å². The smallest absolute Gasteiger partial charge is 0.418 e. The number of aryl methyl sites for hydroxylation is 1. The second-order valence-corrected chi connectivity index (χ2v) is 5.21. The zero-order valence-electron chi connectivity index (χ0n) is 12.9. The van der Waals surface area contributed by atoms with Crippen LogP contribution in [0.25, 0.3) is 0 Å². The van der Waals surface area contributed by atoms with E-state index >= 15 is 0 Å². The summed E-state index contributed by atoms with van der Waals surface area (Å²) in [6, 6.07) is 8.97. The summed E-state index contributed by atoms with van der Waals surface area (Å²) in [5.41, 5.74) is -0.0913. The molecule has 0 atom stereocenters. The minimum Gasteiger partial charge on any atom is -0.508 e. The number of hydrogen-bond acceptors (Lipinski definition) is 2. The number of benzene rings is 2. The molecule has 24 heavy (non-hydrogen) atoms. The molecular formula is C17H17F3N2O2. The highest BCUT2D eigenvalue weighted by Crippen LogP contribution is 2.36. The summed E-state index contributed by atoms with van der Waals surface area (Å²) < 4.78 is 39.0. The zero-order chi connectivity index (χ0) is 17.7. The summed E-state index contributed by atoms with van der Waals surface area (Å²) in [6.07, 6.45) is -3.08. The number of urea groups is 1. The number of carbonyl (C=O) groups excluding carboxylic acids is 1. The van der Waals surface area contributed by atoms with E-state index in [0.29, 0.717) is 11.8 Å². The Kier molecular flexibility index (Phi) is 5.33. The molecule has 0 aromatic heterocycles. The molecule has 0 saturated heterocycles. The number of para-hydroxylation sites is 1. The summed E-state index contributed by atoms with van der Waals surface area (Å²) in [4.78, 5) is 12.1. The molecule has 128 valence electrons. The minimum atomic E-state index is -4.69. The van der Waals surface area contributed by atoms with Crippen LogP contribution in [0.5, 0.6) is 5.75 Å². The molecule has 2 rings (SSSR count). The fraction of sp³-hybridized carbons (Fsp3) is 0.235. The van der Waals surface area contributed by atoms with E-state index in [1.165, 1.54) is 0 Å². The monoisotopic (exact) mass is 338 g/mol. The average molecular weight is 338 g/mol. The van der Waals surface area contributed by atoms with Gasteiger partial charge in [0.2, 0.25) is 0 Å².